The Bertz CT molecular complexity index is 410. The summed E-state index contributed by atoms with van der Waals surface area (Å²) in [7, 11) is 1.79. The van der Waals surface area contributed by atoms with Gasteiger partial charge in [0.2, 0.25) is 6.41 Å². The summed E-state index contributed by atoms with van der Waals surface area (Å²) in [5.41, 5.74) is 1.92. The second-order valence-corrected chi connectivity index (χ2v) is 5.22. The average Bonchev–Trinajstić information content (AvgIpc) is 2.62. The van der Waals surface area contributed by atoms with E-state index in [-0.39, 0.29) is 0 Å². The van der Waals surface area contributed by atoms with E-state index in [4.69, 9.17) is 4.74 Å². The maximum absolute atomic E-state index is 10.2. The van der Waals surface area contributed by atoms with Crippen molar-refractivity contribution in [3.63, 3.8) is 0 Å². The molecule has 4 heteroatoms. The number of unbranched alkanes of at least 4 members (excludes halogenated alkanes) is 4. The van der Waals surface area contributed by atoms with Gasteiger partial charge in [-0.15, -0.1) is 0 Å². The Kier molecular flexibility index (Phi) is 19.5. The highest BCUT2D eigenvalue weighted by molar-refractivity contribution is 5.78. The van der Waals surface area contributed by atoms with E-state index in [1.807, 2.05) is 52.0 Å². The molecule has 0 spiro atoms. The zero-order valence-electron chi connectivity index (χ0n) is 16.4. The molecular formula is C20H36N2O2. The van der Waals surface area contributed by atoms with Crippen molar-refractivity contribution in [2.45, 2.75) is 66.7 Å². The molecule has 0 aliphatic rings. The highest BCUT2D eigenvalue weighted by Gasteiger charge is 1.95. The van der Waals surface area contributed by atoms with E-state index in [9.17, 15) is 4.79 Å². The van der Waals surface area contributed by atoms with Crippen LogP contribution in [0, 0.1) is 0 Å². The minimum atomic E-state index is 0.670. The van der Waals surface area contributed by atoms with E-state index in [0.29, 0.717) is 6.41 Å². The average molecular weight is 337 g/mol. The lowest BCUT2D eigenvalue weighted by Crippen LogP contribution is -1.98. The molecule has 138 valence electrons. The van der Waals surface area contributed by atoms with Crippen molar-refractivity contribution in [1.29, 1.82) is 0 Å². The van der Waals surface area contributed by atoms with E-state index in [1.165, 1.54) is 25.7 Å². The highest BCUT2D eigenvalue weighted by atomic mass is 16.5. The molecule has 0 saturated carbocycles. The van der Waals surface area contributed by atoms with Gasteiger partial charge in [0, 0.05) is 18.4 Å². The van der Waals surface area contributed by atoms with Gasteiger partial charge < -0.3 is 10.1 Å². The molecule has 1 aromatic rings. The normalized spacial score (nSPS) is 8.75. The highest BCUT2D eigenvalue weighted by Crippen LogP contribution is 2.15. The second kappa shape index (κ2) is 19.2. The summed E-state index contributed by atoms with van der Waals surface area (Å²) in [6, 6.07) is 7.41. The van der Waals surface area contributed by atoms with Gasteiger partial charge >= 0.3 is 0 Å². The molecule has 0 bridgehead atoms. The molecule has 0 fully saturated rings. The number of nitrogens with zero attached hydrogens (tertiary/aromatic N) is 1. The first kappa shape index (κ1) is 24.4. The number of ether oxygens (including phenoxy) is 1. The molecule has 0 radical (unpaired) electrons. The maximum Gasteiger partial charge on any atom is 0.211 e. The number of amides is 1. The number of rotatable bonds is 9. The summed E-state index contributed by atoms with van der Waals surface area (Å²) >= 11 is 0. The minimum absolute atomic E-state index is 0.670. The van der Waals surface area contributed by atoms with Crippen molar-refractivity contribution in [2.75, 3.05) is 19.0 Å². The lowest BCUT2D eigenvalue weighted by molar-refractivity contribution is -0.105. The Balaban J connectivity index is 0. The Labute approximate surface area is 148 Å². The Hall–Kier alpha value is -1.84. The van der Waals surface area contributed by atoms with Crippen LogP contribution < -0.4 is 10.1 Å². The molecule has 0 heterocycles. The lowest BCUT2D eigenvalue weighted by Gasteiger charge is -2.06. The zero-order valence-corrected chi connectivity index (χ0v) is 16.4. The predicted molar refractivity (Wildman–Crippen MR) is 106 cm³/mol. The lowest BCUT2D eigenvalue weighted by atomic mass is 10.2. The van der Waals surface area contributed by atoms with Crippen LogP contribution in [-0.2, 0) is 4.79 Å². The summed E-state index contributed by atoms with van der Waals surface area (Å²) in [5.74, 6) is 0.858. The molecule has 0 aliphatic heterocycles. The third kappa shape index (κ3) is 16.5. The largest absolute Gasteiger partial charge is 0.494 e. The first-order valence-corrected chi connectivity index (χ1v) is 8.97. The van der Waals surface area contributed by atoms with E-state index in [2.05, 4.69) is 17.2 Å². The molecular weight excluding hydrogens is 300 g/mol. The third-order valence-electron chi connectivity index (χ3n) is 3.04. The van der Waals surface area contributed by atoms with Gasteiger partial charge in [-0.2, -0.15) is 0 Å². The summed E-state index contributed by atoms with van der Waals surface area (Å²) in [4.78, 5) is 14.0. The van der Waals surface area contributed by atoms with Gasteiger partial charge in [0.15, 0.2) is 0 Å². The molecule has 0 unspecified atom stereocenters. The molecule has 1 rings (SSSR count). The van der Waals surface area contributed by atoms with Crippen LogP contribution in [0.4, 0.5) is 5.69 Å². The smallest absolute Gasteiger partial charge is 0.211 e. The monoisotopic (exact) mass is 336 g/mol. The molecule has 0 aliphatic carbocycles. The van der Waals surface area contributed by atoms with Gasteiger partial charge in [0.25, 0.3) is 0 Å². The fourth-order valence-corrected chi connectivity index (χ4v) is 1.61. The SMILES string of the molecule is CC.CCCCCCCOc1ccc(NC=O)cc1.CN=C(C)C. The van der Waals surface area contributed by atoms with E-state index in [1.54, 1.807) is 7.05 Å². The molecule has 0 atom stereocenters. The van der Waals surface area contributed by atoms with Crippen molar-refractivity contribution in [1.82, 2.24) is 0 Å². The van der Waals surface area contributed by atoms with Gasteiger partial charge in [0.05, 0.1) is 6.61 Å². The third-order valence-corrected chi connectivity index (χ3v) is 3.04. The van der Waals surface area contributed by atoms with Crippen LogP contribution in [0.1, 0.15) is 66.7 Å². The Morgan fingerprint density at radius 3 is 2.08 bits per heavy atom. The first-order chi connectivity index (χ1) is 11.6. The minimum Gasteiger partial charge on any atom is -0.494 e. The predicted octanol–water partition coefficient (Wildman–Crippen LogP) is 5.73. The molecule has 24 heavy (non-hydrogen) atoms. The van der Waals surface area contributed by atoms with E-state index >= 15 is 0 Å². The maximum atomic E-state index is 10.2. The number of anilines is 1. The van der Waals surface area contributed by atoms with Crippen LogP contribution in [0.25, 0.3) is 0 Å². The van der Waals surface area contributed by atoms with Crippen molar-refractivity contribution >= 4 is 17.8 Å². The van der Waals surface area contributed by atoms with Gasteiger partial charge in [-0.1, -0.05) is 46.5 Å². The standard InChI is InChI=1S/C14H21NO2.C4H9N.C2H6/c1-2-3-4-5-6-11-17-14-9-7-13(8-10-14)15-12-16;1-4(2)5-3;1-2/h7-10,12H,2-6,11H2,1H3,(H,15,16);1-3H3;1-2H3. The van der Waals surface area contributed by atoms with E-state index < -0.39 is 0 Å². The fourth-order valence-electron chi connectivity index (χ4n) is 1.61. The van der Waals surface area contributed by atoms with Crippen molar-refractivity contribution in [2.24, 2.45) is 4.99 Å². The van der Waals surface area contributed by atoms with Crippen LogP contribution in [-0.4, -0.2) is 25.8 Å². The number of carbonyl (C=O) groups excluding carboxylic acids is 1. The summed E-state index contributed by atoms with van der Waals surface area (Å²) in [6.45, 7) is 10.9. The molecule has 1 aromatic carbocycles. The van der Waals surface area contributed by atoms with Crippen LogP contribution in [0.15, 0.2) is 29.3 Å². The van der Waals surface area contributed by atoms with Crippen LogP contribution in [0.5, 0.6) is 5.75 Å². The number of nitrogens with one attached hydrogen (secondary N) is 1. The second-order valence-electron chi connectivity index (χ2n) is 5.22. The van der Waals surface area contributed by atoms with Gasteiger partial charge in [-0.25, -0.2) is 0 Å². The number of benzene rings is 1. The summed E-state index contributed by atoms with van der Waals surface area (Å²) in [6.07, 6.45) is 6.89. The van der Waals surface area contributed by atoms with Gasteiger partial charge in [0.1, 0.15) is 5.75 Å². The first-order valence-electron chi connectivity index (χ1n) is 8.97. The summed E-state index contributed by atoms with van der Waals surface area (Å²) in [5, 5.41) is 2.59. The number of aliphatic imine (C=N–C) groups is 1. The van der Waals surface area contributed by atoms with Crippen molar-refractivity contribution < 1.29 is 9.53 Å². The number of carbonyl (C=O) groups is 1. The molecule has 1 amide bonds. The summed E-state index contributed by atoms with van der Waals surface area (Å²) < 4.78 is 5.60. The molecule has 1 N–H and O–H groups in total. The quantitative estimate of drug-likeness (QED) is 0.356. The van der Waals surface area contributed by atoms with Crippen molar-refractivity contribution in [3.8, 4) is 5.75 Å². The zero-order chi connectivity index (χ0) is 18.6. The number of hydrogen-bond acceptors (Lipinski definition) is 3. The van der Waals surface area contributed by atoms with Crippen LogP contribution in [0.3, 0.4) is 0 Å². The topological polar surface area (TPSA) is 50.7 Å². The Morgan fingerprint density at radius 2 is 1.62 bits per heavy atom. The number of hydrogen-bond donors (Lipinski definition) is 1. The molecule has 4 nitrogen and oxygen atoms in total. The van der Waals surface area contributed by atoms with Gasteiger partial charge in [-0.05, 0) is 44.5 Å². The fraction of sp³-hybridized carbons (Fsp3) is 0.600. The van der Waals surface area contributed by atoms with Crippen LogP contribution >= 0.6 is 0 Å². The van der Waals surface area contributed by atoms with Gasteiger partial charge in [-0.3, -0.25) is 9.79 Å². The van der Waals surface area contributed by atoms with Crippen LogP contribution in [0.2, 0.25) is 0 Å². The Morgan fingerprint density at radius 1 is 1.08 bits per heavy atom. The molecule has 0 aromatic heterocycles. The van der Waals surface area contributed by atoms with Crippen molar-refractivity contribution in [3.05, 3.63) is 24.3 Å². The van der Waals surface area contributed by atoms with E-state index in [0.717, 1.165) is 30.2 Å². The molecule has 0 saturated heterocycles.